The van der Waals surface area contributed by atoms with Crippen molar-refractivity contribution in [2.24, 2.45) is 0 Å². The zero-order valence-corrected chi connectivity index (χ0v) is 12.9. The molecule has 0 fully saturated rings. The second-order valence-corrected chi connectivity index (χ2v) is 5.52. The maximum atomic E-state index is 11.9. The summed E-state index contributed by atoms with van der Waals surface area (Å²) in [5.74, 6) is -0.313. The number of halogens is 2. The van der Waals surface area contributed by atoms with Gasteiger partial charge in [0.1, 0.15) is 5.03 Å². The average molecular weight is 384 g/mol. The molecule has 96 valence electrons. The maximum Gasteiger partial charge on any atom is 0.267 e. The number of carbonyl (C=O) groups excluding carboxylic acids is 1. The highest BCUT2D eigenvalue weighted by Crippen LogP contribution is 2.15. The van der Waals surface area contributed by atoms with Crippen LogP contribution in [0.3, 0.4) is 0 Å². The quantitative estimate of drug-likeness (QED) is 0.613. The fourth-order valence-electron chi connectivity index (χ4n) is 1.49. The summed E-state index contributed by atoms with van der Waals surface area (Å²) in [5, 5.41) is 2.90. The third-order valence-electron chi connectivity index (χ3n) is 2.41. The maximum absolute atomic E-state index is 11.9. The second-order valence-electron chi connectivity index (χ2n) is 3.86. The Morgan fingerprint density at radius 1 is 1.05 bits per heavy atom. The van der Waals surface area contributed by atoms with Crippen LogP contribution in [0, 0.1) is 3.57 Å². The third kappa shape index (κ3) is 4.36. The Labute approximate surface area is 130 Å². The Morgan fingerprint density at radius 3 is 2.32 bits per heavy atom. The molecule has 0 atom stereocenters. The number of amides is 1. The molecule has 2 aromatic carbocycles. The molecule has 0 saturated heterocycles. The lowest BCUT2D eigenvalue weighted by molar-refractivity contribution is -0.112. The van der Waals surface area contributed by atoms with E-state index in [0.29, 0.717) is 0 Å². The van der Waals surface area contributed by atoms with Crippen LogP contribution in [0.25, 0.3) is 6.08 Å². The minimum atomic E-state index is -0.313. The molecule has 0 unspecified atom stereocenters. The Morgan fingerprint density at radius 2 is 1.68 bits per heavy atom. The van der Waals surface area contributed by atoms with E-state index >= 15 is 0 Å². The summed E-state index contributed by atoms with van der Waals surface area (Å²) >= 11 is 8.20. The lowest BCUT2D eigenvalue weighted by Gasteiger charge is -2.04. The van der Waals surface area contributed by atoms with Crippen molar-refractivity contribution in [3.63, 3.8) is 0 Å². The Balaban J connectivity index is 2.07. The highest BCUT2D eigenvalue weighted by atomic mass is 127. The summed E-state index contributed by atoms with van der Waals surface area (Å²) in [5.41, 5.74) is 1.62. The molecule has 2 nitrogen and oxygen atoms in total. The minimum absolute atomic E-state index is 0.157. The van der Waals surface area contributed by atoms with Crippen LogP contribution < -0.4 is 5.32 Å². The molecule has 2 rings (SSSR count). The van der Waals surface area contributed by atoms with Gasteiger partial charge in [-0.25, -0.2) is 0 Å². The SMILES string of the molecule is O=C(Nc1ccc(I)cc1)/C(Cl)=C/c1ccccc1. The lowest BCUT2D eigenvalue weighted by Crippen LogP contribution is -2.11. The van der Waals surface area contributed by atoms with Crippen molar-refractivity contribution in [1.82, 2.24) is 0 Å². The lowest BCUT2D eigenvalue weighted by atomic mass is 10.2. The van der Waals surface area contributed by atoms with Crippen molar-refractivity contribution >= 4 is 51.9 Å². The van der Waals surface area contributed by atoms with Crippen molar-refractivity contribution in [2.75, 3.05) is 5.32 Å². The first-order valence-electron chi connectivity index (χ1n) is 5.64. The number of benzene rings is 2. The molecule has 1 N–H and O–H groups in total. The summed E-state index contributed by atoms with van der Waals surface area (Å²) in [7, 11) is 0. The Kier molecular flexibility index (Phi) is 4.99. The van der Waals surface area contributed by atoms with Gasteiger partial charge in [-0.05, 0) is 58.5 Å². The van der Waals surface area contributed by atoms with E-state index in [2.05, 4.69) is 27.9 Å². The molecule has 19 heavy (non-hydrogen) atoms. The van der Waals surface area contributed by atoms with Gasteiger partial charge >= 0.3 is 0 Å². The highest BCUT2D eigenvalue weighted by molar-refractivity contribution is 14.1. The number of rotatable bonds is 3. The molecule has 0 heterocycles. The van der Waals surface area contributed by atoms with Crippen LogP contribution >= 0.6 is 34.2 Å². The Bertz CT molecular complexity index is 593. The normalized spacial score (nSPS) is 11.2. The molecule has 0 aliphatic carbocycles. The summed E-state index contributed by atoms with van der Waals surface area (Å²) in [6, 6.07) is 17.0. The van der Waals surface area contributed by atoms with E-state index in [4.69, 9.17) is 11.6 Å². The van der Waals surface area contributed by atoms with Gasteiger partial charge in [0.05, 0.1) is 0 Å². The highest BCUT2D eigenvalue weighted by Gasteiger charge is 2.06. The summed E-state index contributed by atoms with van der Waals surface area (Å²) in [4.78, 5) is 11.9. The van der Waals surface area contributed by atoms with Crippen LogP contribution in [0.2, 0.25) is 0 Å². The number of nitrogens with one attached hydrogen (secondary N) is 1. The third-order valence-corrected chi connectivity index (χ3v) is 3.41. The molecule has 4 heteroatoms. The first kappa shape index (κ1) is 14.1. The topological polar surface area (TPSA) is 29.1 Å². The molecule has 0 saturated carbocycles. The predicted octanol–water partition coefficient (Wildman–Crippen LogP) is 4.51. The number of hydrogen-bond acceptors (Lipinski definition) is 1. The molecular weight excluding hydrogens is 373 g/mol. The van der Waals surface area contributed by atoms with E-state index < -0.39 is 0 Å². The van der Waals surface area contributed by atoms with Gasteiger partial charge in [-0.1, -0.05) is 41.9 Å². The predicted molar refractivity (Wildman–Crippen MR) is 88.1 cm³/mol. The number of anilines is 1. The van der Waals surface area contributed by atoms with Gasteiger partial charge in [-0.3, -0.25) is 4.79 Å². The van der Waals surface area contributed by atoms with E-state index in [1.165, 1.54) is 0 Å². The second kappa shape index (κ2) is 6.73. The molecular formula is C15H11ClINO. The van der Waals surface area contributed by atoms with Crippen LogP contribution in [-0.4, -0.2) is 5.91 Å². The van der Waals surface area contributed by atoms with Gasteiger partial charge in [-0.2, -0.15) is 0 Å². The zero-order valence-electron chi connectivity index (χ0n) is 9.94. The van der Waals surface area contributed by atoms with E-state index in [1.807, 2.05) is 54.6 Å². The smallest absolute Gasteiger partial charge is 0.267 e. The van der Waals surface area contributed by atoms with Crippen molar-refractivity contribution in [3.05, 3.63) is 68.8 Å². The van der Waals surface area contributed by atoms with Gasteiger partial charge < -0.3 is 5.32 Å². The number of hydrogen-bond donors (Lipinski definition) is 1. The zero-order chi connectivity index (χ0) is 13.7. The summed E-state index contributed by atoms with van der Waals surface area (Å²) in [6.07, 6.45) is 1.64. The monoisotopic (exact) mass is 383 g/mol. The standard InChI is InChI=1S/C15H11ClINO/c16-14(10-11-4-2-1-3-5-11)15(19)18-13-8-6-12(17)7-9-13/h1-10H,(H,18,19)/b14-10-. The van der Waals surface area contributed by atoms with Gasteiger partial charge in [0.15, 0.2) is 0 Å². The van der Waals surface area contributed by atoms with Gasteiger partial charge in [-0.15, -0.1) is 0 Å². The van der Waals surface area contributed by atoms with Crippen molar-refractivity contribution < 1.29 is 4.79 Å². The molecule has 1 amide bonds. The van der Waals surface area contributed by atoms with Gasteiger partial charge in [0, 0.05) is 9.26 Å². The Hall–Kier alpha value is -1.33. The van der Waals surface area contributed by atoms with Crippen molar-refractivity contribution in [1.29, 1.82) is 0 Å². The summed E-state index contributed by atoms with van der Waals surface area (Å²) in [6.45, 7) is 0. The fraction of sp³-hybridized carbons (Fsp3) is 0. The number of carbonyl (C=O) groups is 1. The van der Waals surface area contributed by atoms with Crippen molar-refractivity contribution in [2.45, 2.75) is 0 Å². The van der Waals surface area contributed by atoms with Crippen LogP contribution in [0.5, 0.6) is 0 Å². The molecule has 2 aromatic rings. The van der Waals surface area contributed by atoms with E-state index in [1.54, 1.807) is 6.08 Å². The van der Waals surface area contributed by atoms with Crippen molar-refractivity contribution in [3.8, 4) is 0 Å². The molecule has 0 aliphatic heterocycles. The summed E-state index contributed by atoms with van der Waals surface area (Å²) < 4.78 is 1.11. The minimum Gasteiger partial charge on any atom is -0.321 e. The fourth-order valence-corrected chi connectivity index (χ4v) is 2.02. The van der Waals surface area contributed by atoms with Crippen LogP contribution in [-0.2, 0) is 4.79 Å². The van der Waals surface area contributed by atoms with E-state index in [-0.39, 0.29) is 10.9 Å². The molecule has 0 spiro atoms. The van der Waals surface area contributed by atoms with Crippen LogP contribution in [0.1, 0.15) is 5.56 Å². The first-order chi connectivity index (χ1) is 9.15. The van der Waals surface area contributed by atoms with Gasteiger partial charge in [0.25, 0.3) is 5.91 Å². The largest absolute Gasteiger partial charge is 0.321 e. The van der Waals surface area contributed by atoms with E-state index in [9.17, 15) is 4.79 Å². The average Bonchev–Trinajstić information content (AvgIpc) is 2.42. The molecule has 0 aliphatic rings. The van der Waals surface area contributed by atoms with Gasteiger partial charge in [0.2, 0.25) is 0 Å². The van der Waals surface area contributed by atoms with Crippen LogP contribution in [0.4, 0.5) is 5.69 Å². The van der Waals surface area contributed by atoms with E-state index in [0.717, 1.165) is 14.8 Å². The molecule has 0 aromatic heterocycles. The molecule has 0 bridgehead atoms. The van der Waals surface area contributed by atoms with Crippen LogP contribution in [0.15, 0.2) is 59.6 Å². The first-order valence-corrected chi connectivity index (χ1v) is 7.10. The molecule has 0 radical (unpaired) electrons.